The quantitative estimate of drug-likeness (QED) is 0.220. The van der Waals surface area contributed by atoms with Crippen molar-refractivity contribution in [1.82, 2.24) is 10.9 Å². The van der Waals surface area contributed by atoms with Crippen LogP contribution in [0.25, 0.3) is 0 Å². The number of hydrogen-bond donors (Lipinski definition) is 4. The number of hydrogen-bond acceptors (Lipinski definition) is 12. The monoisotopic (exact) mass is 526 g/mol. The largest absolute Gasteiger partial charge is 0.300 e. The zero-order valence-corrected chi connectivity index (χ0v) is 18.6. The smallest absolute Gasteiger partial charge is 0.292 e. The molecule has 3 aromatic rings. The molecular formula is C20H14N8O10. The van der Waals surface area contributed by atoms with Gasteiger partial charge < -0.3 is 0 Å². The summed E-state index contributed by atoms with van der Waals surface area (Å²) in [6.07, 6.45) is 0. The van der Waals surface area contributed by atoms with Gasteiger partial charge in [-0.25, -0.2) is 0 Å². The maximum absolute atomic E-state index is 12.4. The molecule has 0 fully saturated rings. The van der Waals surface area contributed by atoms with E-state index in [4.69, 9.17) is 0 Å². The van der Waals surface area contributed by atoms with E-state index in [2.05, 4.69) is 21.7 Å². The van der Waals surface area contributed by atoms with Crippen molar-refractivity contribution < 1.29 is 29.3 Å². The molecule has 0 aliphatic heterocycles. The second-order valence-electron chi connectivity index (χ2n) is 7.17. The lowest BCUT2D eigenvalue weighted by atomic mass is 10.1. The number of anilines is 2. The molecule has 0 saturated heterocycles. The van der Waals surface area contributed by atoms with Gasteiger partial charge in [0.1, 0.15) is 11.4 Å². The highest BCUT2D eigenvalue weighted by molar-refractivity contribution is 5.98. The van der Waals surface area contributed by atoms with Crippen LogP contribution in [-0.2, 0) is 0 Å². The summed E-state index contributed by atoms with van der Waals surface area (Å²) in [7, 11) is 0. The highest BCUT2D eigenvalue weighted by Crippen LogP contribution is 2.29. The van der Waals surface area contributed by atoms with Crippen molar-refractivity contribution in [2.45, 2.75) is 0 Å². The highest BCUT2D eigenvalue weighted by atomic mass is 16.6. The molecule has 2 amide bonds. The first-order valence-corrected chi connectivity index (χ1v) is 10.1. The van der Waals surface area contributed by atoms with Crippen molar-refractivity contribution in [3.63, 3.8) is 0 Å². The molecule has 18 nitrogen and oxygen atoms in total. The summed E-state index contributed by atoms with van der Waals surface area (Å²) in [5, 5.41) is 44.0. The molecular weight excluding hydrogens is 512 g/mol. The predicted molar refractivity (Wildman–Crippen MR) is 128 cm³/mol. The number of carbonyl (C=O) groups excluding carboxylic acids is 2. The first kappa shape index (κ1) is 26.4. The number of nitrogens with zero attached hydrogens (tertiary/aromatic N) is 4. The third-order valence-corrected chi connectivity index (χ3v) is 4.81. The lowest BCUT2D eigenvalue weighted by Crippen LogP contribution is -2.31. The zero-order chi connectivity index (χ0) is 28.0. The Morgan fingerprint density at radius 2 is 0.868 bits per heavy atom. The standard InChI is InChI=1S/C20H14N8O10/c29-19(23-21-15-7-5-13(25(31)32)9-17(15)27(35)36)11-1-2-12(4-3-11)20(30)24-22-16-8-6-14(26(33)34)10-18(16)28(37)38/h1-10,21-22H,(H,23,29)(H,24,30). The van der Waals surface area contributed by atoms with Gasteiger partial charge in [0.2, 0.25) is 0 Å². The average Bonchev–Trinajstić information content (AvgIpc) is 2.89. The van der Waals surface area contributed by atoms with Crippen LogP contribution in [0.2, 0.25) is 0 Å². The number of hydrazine groups is 2. The Labute approximate surface area is 209 Å². The van der Waals surface area contributed by atoms with Crippen molar-refractivity contribution in [3.05, 3.63) is 112 Å². The first-order valence-electron chi connectivity index (χ1n) is 10.1. The van der Waals surface area contributed by atoms with Gasteiger partial charge in [0, 0.05) is 23.3 Å². The van der Waals surface area contributed by atoms with Crippen molar-refractivity contribution in [1.29, 1.82) is 0 Å². The molecule has 0 aromatic heterocycles. The molecule has 0 aliphatic rings. The topological polar surface area (TPSA) is 255 Å². The minimum atomic E-state index is -0.867. The molecule has 4 N–H and O–H groups in total. The number of nitro groups is 4. The lowest BCUT2D eigenvalue weighted by Gasteiger charge is -2.10. The molecule has 0 aliphatic carbocycles. The summed E-state index contributed by atoms with van der Waals surface area (Å²) in [5.74, 6) is -1.52. The Bertz CT molecular complexity index is 1360. The summed E-state index contributed by atoms with van der Waals surface area (Å²) in [4.78, 5) is 65.4. The van der Waals surface area contributed by atoms with Gasteiger partial charge in [0.05, 0.1) is 31.8 Å². The average molecular weight is 526 g/mol. The van der Waals surface area contributed by atoms with Gasteiger partial charge in [-0.15, -0.1) is 0 Å². The van der Waals surface area contributed by atoms with Crippen LogP contribution in [0.1, 0.15) is 20.7 Å². The first-order chi connectivity index (χ1) is 18.0. The third kappa shape index (κ3) is 6.07. The van der Waals surface area contributed by atoms with Crippen LogP contribution in [0.3, 0.4) is 0 Å². The number of benzene rings is 3. The van der Waals surface area contributed by atoms with E-state index in [1.165, 1.54) is 24.3 Å². The van der Waals surface area contributed by atoms with Crippen molar-refractivity contribution in [2.24, 2.45) is 0 Å². The molecule has 0 radical (unpaired) electrons. The van der Waals surface area contributed by atoms with Crippen LogP contribution in [0.5, 0.6) is 0 Å². The molecule has 0 unspecified atom stereocenters. The molecule has 194 valence electrons. The number of non-ortho nitro benzene ring substituents is 2. The minimum Gasteiger partial charge on any atom is -0.292 e. The molecule has 0 bridgehead atoms. The van der Waals surface area contributed by atoms with E-state index in [1.54, 1.807) is 0 Å². The third-order valence-electron chi connectivity index (χ3n) is 4.81. The Morgan fingerprint density at radius 3 is 1.16 bits per heavy atom. The molecule has 3 rings (SSSR count). The van der Waals surface area contributed by atoms with Gasteiger partial charge in [0.25, 0.3) is 23.2 Å². The number of rotatable bonds is 10. The second-order valence-corrected chi connectivity index (χ2v) is 7.17. The van der Waals surface area contributed by atoms with E-state index in [9.17, 15) is 50.0 Å². The molecule has 0 spiro atoms. The Kier molecular flexibility index (Phi) is 7.66. The van der Waals surface area contributed by atoms with Gasteiger partial charge in [-0.1, -0.05) is 0 Å². The van der Waals surface area contributed by atoms with E-state index in [0.717, 1.165) is 36.4 Å². The van der Waals surface area contributed by atoms with Crippen LogP contribution >= 0.6 is 0 Å². The summed E-state index contributed by atoms with van der Waals surface area (Å²) >= 11 is 0. The van der Waals surface area contributed by atoms with E-state index < -0.39 is 54.3 Å². The van der Waals surface area contributed by atoms with Crippen molar-refractivity contribution in [3.8, 4) is 0 Å². The minimum absolute atomic E-state index is 0.0255. The van der Waals surface area contributed by atoms with Gasteiger partial charge in [-0.2, -0.15) is 0 Å². The van der Waals surface area contributed by atoms with Crippen molar-refractivity contribution in [2.75, 3.05) is 10.9 Å². The number of amides is 2. The fraction of sp³-hybridized carbons (Fsp3) is 0. The van der Waals surface area contributed by atoms with E-state index >= 15 is 0 Å². The normalized spacial score (nSPS) is 10.1. The van der Waals surface area contributed by atoms with E-state index in [1.807, 2.05) is 0 Å². The van der Waals surface area contributed by atoms with Gasteiger partial charge in [-0.05, 0) is 36.4 Å². The molecule has 0 heterocycles. The summed E-state index contributed by atoms with van der Waals surface area (Å²) in [5.41, 5.74) is 6.32. The maximum atomic E-state index is 12.4. The Morgan fingerprint density at radius 1 is 0.526 bits per heavy atom. The van der Waals surface area contributed by atoms with Crippen LogP contribution in [0.4, 0.5) is 34.1 Å². The molecule has 0 saturated carbocycles. The number of nitrogens with one attached hydrogen (secondary N) is 4. The van der Waals surface area contributed by atoms with Gasteiger partial charge in [-0.3, -0.25) is 71.7 Å². The van der Waals surface area contributed by atoms with Crippen molar-refractivity contribution >= 4 is 45.9 Å². The van der Waals surface area contributed by atoms with Crippen LogP contribution in [-0.4, -0.2) is 31.5 Å². The summed E-state index contributed by atoms with van der Waals surface area (Å²) < 4.78 is 0. The highest BCUT2D eigenvalue weighted by Gasteiger charge is 2.21. The number of carbonyl (C=O) groups is 2. The van der Waals surface area contributed by atoms with E-state index in [0.29, 0.717) is 0 Å². The van der Waals surface area contributed by atoms with Gasteiger partial charge >= 0.3 is 11.4 Å². The number of nitro benzene ring substituents is 4. The molecule has 38 heavy (non-hydrogen) atoms. The fourth-order valence-corrected chi connectivity index (χ4v) is 2.95. The summed E-state index contributed by atoms with van der Waals surface area (Å²) in [6, 6.07) is 10.5. The molecule has 3 aromatic carbocycles. The lowest BCUT2D eigenvalue weighted by molar-refractivity contribution is -0.393. The second kappa shape index (κ2) is 11.0. The van der Waals surface area contributed by atoms with E-state index in [-0.39, 0.29) is 22.5 Å². The van der Waals surface area contributed by atoms with Crippen LogP contribution < -0.4 is 21.7 Å². The predicted octanol–water partition coefficient (Wildman–Crippen LogP) is 2.83. The Balaban J connectivity index is 1.64. The summed E-state index contributed by atoms with van der Waals surface area (Å²) in [6.45, 7) is 0. The maximum Gasteiger partial charge on any atom is 0.300 e. The molecule has 0 atom stereocenters. The SMILES string of the molecule is O=C(NNc1ccc([N+](=O)[O-])cc1[N+](=O)[O-])c1ccc(C(=O)NNc2ccc([N+](=O)[O-])cc2[N+](=O)[O-])cc1. The molecule has 18 heteroatoms. The zero-order valence-electron chi connectivity index (χ0n) is 18.6. The van der Waals surface area contributed by atoms with Crippen LogP contribution in [0, 0.1) is 40.5 Å². The Hall–Kier alpha value is -6.20. The van der Waals surface area contributed by atoms with Crippen LogP contribution in [0.15, 0.2) is 60.7 Å². The fourth-order valence-electron chi connectivity index (χ4n) is 2.95. The van der Waals surface area contributed by atoms with Gasteiger partial charge in [0.15, 0.2) is 0 Å².